The van der Waals surface area contributed by atoms with Crippen molar-refractivity contribution in [1.82, 2.24) is 10.2 Å². The lowest BCUT2D eigenvalue weighted by Gasteiger charge is -2.35. The molecule has 1 aliphatic rings. The summed E-state index contributed by atoms with van der Waals surface area (Å²) in [7, 11) is 0. The largest absolute Gasteiger partial charge is 0.416 e. The van der Waals surface area contributed by atoms with Crippen molar-refractivity contribution in [3.8, 4) is 0 Å². The topological polar surface area (TPSA) is 15.3 Å². The summed E-state index contributed by atoms with van der Waals surface area (Å²) in [6, 6.07) is 2.45. The van der Waals surface area contributed by atoms with Crippen LogP contribution in [0.1, 0.15) is 43.4 Å². The van der Waals surface area contributed by atoms with Crippen molar-refractivity contribution in [3.05, 3.63) is 35.1 Å². The fraction of sp³-hybridized carbons (Fsp3) is 0.625. The van der Waals surface area contributed by atoms with E-state index in [0.717, 1.165) is 57.2 Å². The first-order chi connectivity index (χ1) is 10.4. The first-order valence-electron chi connectivity index (χ1n) is 7.75. The Labute approximate surface area is 140 Å². The van der Waals surface area contributed by atoms with Gasteiger partial charge in [-0.05, 0) is 24.6 Å². The van der Waals surface area contributed by atoms with Crippen LogP contribution < -0.4 is 5.32 Å². The van der Waals surface area contributed by atoms with Gasteiger partial charge >= 0.3 is 6.18 Å². The van der Waals surface area contributed by atoms with Crippen LogP contribution in [0, 0.1) is 5.82 Å². The number of benzene rings is 1. The average Bonchev–Trinajstić information content (AvgIpc) is 2.49. The van der Waals surface area contributed by atoms with Crippen LogP contribution >= 0.6 is 12.4 Å². The second-order valence-corrected chi connectivity index (χ2v) is 5.68. The third-order valence-corrected chi connectivity index (χ3v) is 4.11. The number of nitrogens with zero attached hydrogens (tertiary/aromatic N) is 1. The van der Waals surface area contributed by atoms with E-state index in [9.17, 15) is 17.6 Å². The third-order valence-electron chi connectivity index (χ3n) is 4.11. The molecule has 0 radical (unpaired) electrons. The smallest absolute Gasteiger partial charge is 0.314 e. The molecule has 1 aromatic carbocycles. The lowest BCUT2D eigenvalue weighted by Crippen LogP contribution is -2.45. The predicted octanol–water partition coefficient (Wildman–Crippen LogP) is 4.40. The SMILES string of the molecule is CCCC[C@H](c1cc(C(F)(F)F)ccc1F)N1CCNCC1.Cl. The summed E-state index contributed by atoms with van der Waals surface area (Å²) in [6.07, 6.45) is -1.97. The summed E-state index contributed by atoms with van der Waals surface area (Å²) in [6.45, 7) is 5.04. The molecule has 0 aromatic heterocycles. The number of hydrogen-bond donors (Lipinski definition) is 1. The van der Waals surface area contributed by atoms with Crippen LogP contribution in [0.25, 0.3) is 0 Å². The Morgan fingerprint density at radius 2 is 1.87 bits per heavy atom. The van der Waals surface area contributed by atoms with Gasteiger partial charge in [0.2, 0.25) is 0 Å². The maximum absolute atomic E-state index is 14.2. The molecule has 1 N–H and O–H groups in total. The standard InChI is InChI=1S/C16H22F4N2.ClH/c1-2-3-4-15(22-9-7-21-8-10-22)13-11-12(16(18,19)20)5-6-14(13)17;/h5-6,11,15,21H,2-4,7-10H2,1H3;1H/t15-;/m1./s1. The molecule has 0 aliphatic carbocycles. The van der Waals surface area contributed by atoms with Crippen LogP contribution in [0.2, 0.25) is 0 Å². The van der Waals surface area contributed by atoms with Crippen LogP contribution in [0.3, 0.4) is 0 Å². The number of hydrogen-bond acceptors (Lipinski definition) is 2. The van der Waals surface area contributed by atoms with Gasteiger partial charge in [-0.3, -0.25) is 4.90 Å². The Morgan fingerprint density at radius 1 is 1.22 bits per heavy atom. The van der Waals surface area contributed by atoms with Crippen molar-refractivity contribution in [1.29, 1.82) is 0 Å². The zero-order chi connectivity index (χ0) is 16.2. The zero-order valence-electron chi connectivity index (χ0n) is 13.1. The molecule has 1 atom stereocenters. The normalized spacial score (nSPS) is 17.6. The fourth-order valence-electron chi connectivity index (χ4n) is 2.90. The summed E-state index contributed by atoms with van der Waals surface area (Å²) >= 11 is 0. The van der Waals surface area contributed by atoms with Crippen molar-refractivity contribution < 1.29 is 17.6 Å². The minimum Gasteiger partial charge on any atom is -0.314 e. The minimum absolute atomic E-state index is 0. The molecular formula is C16H23ClF4N2. The number of halogens is 5. The lowest BCUT2D eigenvalue weighted by atomic mass is 9.96. The zero-order valence-corrected chi connectivity index (χ0v) is 13.9. The van der Waals surface area contributed by atoms with E-state index in [4.69, 9.17) is 0 Å². The molecule has 132 valence electrons. The fourth-order valence-corrected chi connectivity index (χ4v) is 2.90. The molecule has 1 aromatic rings. The highest BCUT2D eigenvalue weighted by Crippen LogP contribution is 2.35. The highest BCUT2D eigenvalue weighted by atomic mass is 35.5. The van der Waals surface area contributed by atoms with Gasteiger partial charge in [-0.15, -0.1) is 12.4 Å². The number of unbranched alkanes of at least 4 members (excludes halogenated alkanes) is 1. The van der Waals surface area contributed by atoms with Crippen molar-refractivity contribution in [2.75, 3.05) is 26.2 Å². The van der Waals surface area contributed by atoms with E-state index in [1.165, 1.54) is 0 Å². The van der Waals surface area contributed by atoms with Gasteiger partial charge in [0.25, 0.3) is 0 Å². The number of alkyl halides is 3. The van der Waals surface area contributed by atoms with Crippen molar-refractivity contribution in [2.24, 2.45) is 0 Å². The minimum atomic E-state index is -4.44. The van der Waals surface area contributed by atoms with Gasteiger partial charge < -0.3 is 5.32 Å². The van der Waals surface area contributed by atoms with E-state index in [0.29, 0.717) is 6.42 Å². The molecule has 0 saturated carbocycles. The molecular weight excluding hydrogens is 332 g/mol. The van der Waals surface area contributed by atoms with Crippen molar-refractivity contribution >= 4 is 12.4 Å². The van der Waals surface area contributed by atoms with Crippen LogP contribution in [0.15, 0.2) is 18.2 Å². The molecule has 1 aliphatic heterocycles. The van der Waals surface area contributed by atoms with Gasteiger partial charge in [0.15, 0.2) is 0 Å². The molecule has 0 bridgehead atoms. The number of rotatable bonds is 5. The quantitative estimate of drug-likeness (QED) is 0.788. The van der Waals surface area contributed by atoms with Gasteiger partial charge in [0, 0.05) is 37.8 Å². The Balaban J connectivity index is 0.00000264. The molecule has 1 fully saturated rings. The van der Waals surface area contributed by atoms with Gasteiger partial charge in [-0.1, -0.05) is 19.8 Å². The Bertz CT molecular complexity index is 487. The maximum atomic E-state index is 14.2. The van der Waals surface area contributed by atoms with Crippen molar-refractivity contribution in [3.63, 3.8) is 0 Å². The molecule has 0 spiro atoms. The molecule has 2 nitrogen and oxygen atoms in total. The van der Waals surface area contributed by atoms with Crippen LogP contribution in [-0.4, -0.2) is 31.1 Å². The Morgan fingerprint density at radius 3 is 2.43 bits per heavy atom. The van der Waals surface area contributed by atoms with E-state index in [-0.39, 0.29) is 24.0 Å². The maximum Gasteiger partial charge on any atom is 0.416 e. The molecule has 1 heterocycles. The molecule has 7 heteroatoms. The van der Waals surface area contributed by atoms with Gasteiger partial charge in [0.1, 0.15) is 5.82 Å². The first-order valence-corrected chi connectivity index (χ1v) is 7.75. The second-order valence-electron chi connectivity index (χ2n) is 5.68. The van der Waals surface area contributed by atoms with Crippen LogP contribution in [-0.2, 0) is 6.18 Å². The van der Waals surface area contributed by atoms with Gasteiger partial charge in [-0.2, -0.15) is 13.2 Å². The van der Waals surface area contributed by atoms with Crippen LogP contribution in [0.5, 0.6) is 0 Å². The number of piperazine rings is 1. The van der Waals surface area contributed by atoms with Gasteiger partial charge in [0.05, 0.1) is 5.56 Å². The third kappa shape index (κ3) is 5.33. The first kappa shape index (κ1) is 20.2. The van der Waals surface area contributed by atoms with E-state index < -0.39 is 17.6 Å². The van der Waals surface area contributed by atoms with E-state index >= 15 is 0 Å². The molecule has 2 rings (SSSR count). The van der Waals surface area contributed by atoms with Gasteiger partial charge in [-0.25, -0.2) is 4.39 Å². The summed E-state index contributed by atoms with van der Waals surface area (Å²) in [4.78, 5) is 2.09. The van der Waals surface area contributed by atoms with Crippen molar-refractivity contribution in [2.45, 2.75) is 38.4 Å². The molecule has 23 heavy (non-hydrogen) atoms. The van der Waals surface area contributed by atoms with E-state index in [2.05, 4.69) is 10.2 Å². The summed E-state index contributed by atoms with van der Waals surface area (Å²) < 4.78 is 52.9. The van der Waals surface area contributed by atoms with Crippen LogP contribution in [0.4, 0.5) is 17.6 Å². The average molecular weight is 355 g/mol. The Kier molecular flexibility index (Phi) is 7.77. The monoisotopic (exact) mass is 354 g/mol. The highest BCUT2D eigenvalue weighted by Gasteiger charge is 2.33. The van der Waals surface area contributed by atoms with E-state index in [1.807, 2.05) is 6.92 Å². The molecule has 0 amide bonds. The molecule has 0 unspecified atom stereocenters. The second kappa shape index (κ2) is 8.85. The predicted molar refractivity (Wildman–Crippen MR) is 85.4 cm³/mol. The number of nitrogens with one attached hydrogen (secondary N) is 1. The summed E-state index contributed by atoms with van der Waals surface area (Å²) in [5, 5.41) is 3.21. The summed E-state index contributed by atoms with van der Waals surface area (Å²) in [5.74, 6) is -0.548. The van der Waals surface area contributed by atoms with E-state index in [1.54, 1.807) is 0 Å². The molecule has 1 saturated heterocycles. The summed E-state index contributed by atoms with van der Waals surface area (Å²) in [5.41, 5.74) is -0.606. The lowest BCUT2D eigenvalue weighted by molar-refractivity contribution is -0.137. The Hall–Kier alpha value is -0.850. The highest BCUT2D eigenvalue weighted by molar-refractivity contribution is 5.85.